The van der Waals surface area contributed by atoms with Gasteiger partial charge in [0.25, 0.3) is 26.0 Å². The summed E-state index contributed by atoms with van der Waals surface area (Å²) in [6.07, 6.45) is 2.92. The lowest BCUT2D eigenvalue weighted by atomic mass is 10.1. The monoisotopic (exact) mass is 522 g/mol. The van der Waals surface area contributed by atoms with E-state index >= 15 is 0 Å². The Morgan fingerprint density at radius 1 is 0.694 bits per heavy atom. The first-order valence-corrected chi connectivity index (χ1v) is 13.6. The van der Waals surface area contributed by atoms with Gasteiger partial charge in [0.05, 0.1) is 27.4 Å². The first-order valence-electron chi connectivity index (χ1n) is 10.7. The second kappa shape index (κ2) is 10.2. The normalized spacial score (nSPS) is 11.5. The van der Waals surface area contributed by atoms with Gasteiger partial charge in [-0.15, -0.1) is 0 Å². The maximum absolute atomic E-state index is 12.9. The van der Waals surface area contributed by atoms with Crippen LogP contribution in [0, 0.1) is 6.92 Å². The second-order valence-electron chi connectivity index (χ2n) is 7.72. The third kappa shape index (κ3) is 5.70. The van der Waals surface area contributed by atoms with Crippen LogP contribution in [0.4, 0.5) is 17.1 Å². The van der Waals surface area contributed by atoms with Crippen LogP contribution in [0.1, 0.15) is 15.9 Å². The zero-order valence-corrected chi connectivity index (χ0v) is 20.7. The molecule has 0 aliphatic heterocycles. The van der Waals surface area contributed by atoms with Gasteiger partial charge in [-0.05, 0) is 73.2 Å². The van der Waals surface area contributed by atoms with E-state index < -0.39 is 26.0 Å². The quantitative estimate of drug-likeness (QED) is 0.317. The molecule has 4 aromatic rings. The fraction of sp³-hybridized carbons (Fsp3) is 0.0400. The number of rotatable bonds is 8. The Kier molecular flexibility index (Phi) is 7.04. The molecule has 9 nitrogen and oxygen atoms in total. The summed E-state index contributed by atoms with van der Waals surface area (Å²) < 4.78 is 55.5. The van der Waals surface area contributed by atoms with Crippen LogP contribution < -0.4 is 14.8 Å². The van der Waals surface area contributed by atoms with Crippen molar-refractivity contribution in [2.45, 2.75) is 16.7 Å². The molecule has 36 heavy (non-hydrogen) atoms. The average Bonchev–Trinajstić information content (AvgIpc) is 2.86. The molecule has 184 valence electrons. The highest BCUT2D eigenvalue weighted by Gasteiger charge is 2.19. The lowest BCUT2D eigenvalue weighted by Gasteiger charge is -2.14. The molecule has 1 aromatic heterocycles. The fourth-order valence-corrected chi connectivity index (χ4v) is 5.54. The first kappa shape index (κ1) is 24.9. The summed E-state index contributed by atoms with van der Waals surface area (Å²) in [4.78, 5) is 16.9. The average molecular weight is 523 g/mol. The van der Waals surface area contributed by atoms with Crippen LogP contribution in [0.3, 0.4) is 0 Å². The summed E-state index contributed by atoms with van der Waals surface area (Å²) >= 11 is 0. The Bertz CT molecular complexity index is 1590. The summed E-state index contributed by atoms with van der Waals surface area (Å²) in [6, 6.07) is 21.5. The number of hydrogen-bond donors (Lipinski definition) is 3. The molecule has 0 saturated heterocycles. The van der Waals surface area contributed by atoms with Crippen LogP contribution >= 0.6 is 0 Å². The molecule has 0 bridgehead atoms. The number of benzene rings is 3. The fourth-order valence-electron chi connectivity index (χ4n) is 3.35. The van der Waals surface area contributed by atoms with Gasteiger partial charge in [-0.2, -0.15) is 0 Å². The molecular weight excluding hydrogens is 500 g/mol. The molecule has 3 aromatic carbocycles. The molecule has 0 fully saturated rings. The Morgan fingerprint density at radius 2 is 1.36 bits per heavy atom. The largest absolute Gasteiger partial charge is 0.322 e. The van der Waals surface area contributed by atoms with Crippen LogP contribution in [-0.2, 0) is 20.0 Å². The highest BCUT2D eigenvalue weighted by molar-refractivity contribution is 7.93. The van der Waals surface area contributed by atoms with Crippen molar-refractivity contribution < 1.29 is 21.6 Å². The van der Waals surface area contributed by atoms with E-state index in [1.165, 1.54) is 48.8 Å². The molecule has 11 heteroatoms. The SMILES string of the molecule is Cc1c(NS(=O)(=O)c2ccccc2)cccc1C(=O)Nc1ccc(S(=O)(=O)Nc2cccnc2)cc1. The van der Waals surface area contributed by atoms with Gasteiger partial charge in [-0.1, -0.05) is 24.3 Å². The molecule has 4 rings (SSSR count). The third-order valence-electron chi connectivity index (χ3n) is 5.21. The molecule has 1 heterocycles. The Labute approximate surface area is 209 Å². The summed E-state index contributed by atoms with van der Waals surface area (Å²) in [5, 5.41) is 2.71. The van der Waals surface area contributed by atoms with Gasteiger partial charge in [-0.25, -0.2) is 16.8 Å². The summed E-state index contributed by atoms with van der Waals surface area (Å²) in [6.45, 7) is 1.64. The summed E-state index contributed by atoms with van der Waals surface area (Å²) in [5.41, 5.74) is 1.67. The highest BCUT2D eigenvalue weighted by Crippen LogP contribution is 2.24. The van der Waals surface area contributed by atoms with Crippen LogP contribution in [0.15, 0.2) is 107 Å². The Morgan fingerprint density at radius 3 is 2.03 bits per heavy atom. The van der Waals surface area contributed by atoms with Gasteiger partial charge >= 0.3 is 0 Å². The number of nitrogens with zero attached hydrogens (tertiary/aromatic N) is 1. The molecule has 1 amide bonds. The minimum absolute atomic E-state index is 0.0119. The van der Waals surface area contributed by atoms with E-state index in [-0.39, 0.29) is 21.0 Å². The molecule has 0 atom stereocenters. The standard InChI is InChI=1S/C25H22N4O5S2/c1-18-23(10-5-11-24(18)29-36(33,34)21-8-3-2-4-9-21)25(30)27-19-12-14-22(15-13-19)35(31,32)28-20-7-6-16-26-17-20/h2-17,28-29H,1H3,(H,27,30). The van der Waals surface area contributed by atoms with Gasteiger partial charge in [0.1, 0.15) is 0 Å². The lowest BCUT2D eigenvalue weighted by Crippen LogP contribution is -2.17. The van der Waals surface area contributed by atoms with Crippen LogP contribution in [0.5, 0.6) is 0 Å². The van der Waals surface area contributed by atoms with Crippen molar-refractivity contribution in [3.05, 3.63) is 108 Å². The highest BCUT2D eigenvalue weighted by atomic mass is 32.2. The van der Waals surface area contributed by atoms with Crippen molar-refractivity contribution in [3.63, 3.8) is 0 Å². The van der Waals surface area contributed by atoms with Gasteiger partial charge in [0.15, 0.2) is 0 Å². The summed E-state index contributed by atoms with van der Waals surface area (Å²) in [7, 11) is -7.66. The second-order valence-corrected chi connectivity index (χ2v) is 11.1. The predicted octanol–water partition coefficient (Wildman–Crippen LogP) is 4.24. The first-order chi connectivity index (χ1) is 17.2. The number of carbonyl (C=O) groups excluding carboxylic acids is 1. The van der Waals surface area contributed by atoms with E-state index in [9.17, 15) is 21.6 Å². The zero-order chi connectivity index (χ0) is 25.8. The number of amides is 1. The van der Waals surface area contributed by atoms with Crippen LogP contribution in [0.25, 0.3) is 0 Å². The van der Waals surface area contributed by atoms with Crippen LogP contribution in [-0.4, -0.2) is 27.7 Å². The third-order valence-corrected chi connectivity index (χ3v) is 7.99. The van der Waals surface area contributed by atoms with Crippen molar-refractivity contribution in [2.24, 2.45) is 0 Å². The smallest absolute Gasteiger partial charge is 0.261 e. The number of carbonyl (C=O) groups is 1. The molecule has 0 radical (unpaired) electrons. The topological polar surface area (TPSA) is 134 Å². The number of anilines is 3. The minimum Gasteiger partial charge on any atom is -0.322 e. The van der Waals surface area contributed by atoms with Gasteiger partial charge in [0.2, 0.25) is 0 Å². The number of sulfonamides is 2. The molecule has 0 aliphatic carbocycles. The van der Waals surface area contributed by atoms with E-state index in [0.717, 1.165) is 0 Å². The minimum atomic E-state index is -3.83. The van der Waals surface area contributed by atoms with Crippen molar-refractivity contribution in [1.82, 2.24) is 4.98 Å². The van der Waals surface area contributed by atoms with E-state index in [1.54, 1.807) is 55.5 Å². The van der Waals surface area contributed by atoms with E-state index in [2.05, 4.69) is 19.7 Å². The number of nitrogens with one attached hydrogen (secondary N) is 3. The van der Waals surface area contributed by atoms with Crippen molar-refractivity contribution >= 4 is 43.0 Å². The maximum Gasteiger partial charge on any atom is 0.261 e. The van der Waals surface area contributed by atoms with E-state index in [4.69, 9.17) is 0 Å². The molecule has 0 unspecified atom stereocenters. The van der Waals surface area contributed by atoms with E-state index in [0.29, 0.717) is 16.9 Å². The van der Waals surface area contributed by atoms with Crippen molar-refractivity contribution in [1.29, 1.82) is 0 Å². The molecule has 0 saturated carbocycles. The zero-order valence-electron chi connectivity index (χ0n) is 19.0. The molecule has 3 N–H and O–H groups in total. The van der Waals surface area contributed by atoms with Gasteiger partial charge < -0.3 is 5.32 Å². The molecule has 0 spiro atoms. The van der Waals surface area contributed by atoms with E-state index in [1.807, 2.05) is 0 Å². The maximum atomic E-state index is 12.9. The van der Waals surface area contributed by atoms with Crippen LogP contribution in [0.2, 0.25) is 0 Å². The number of pyridine rings is 1. The van der Waals surface area contributed by atoms with Crippen molar-refractivity contribution in [2.75, 3.05) is 14.8 Å². The molecule has 0 aliphatic rings. The Hall–Kier alpha value is -4.22. The van der Waals surface area contributed by atoms with Crippen molar-refractivity contribution in [3.8, 4) is 0 Å². The molecular formula is C25H22N4O5S2. The number of aromatic nitrogens is 1. The number of hydrogen-bond acceptors (Lipinski definition) is 6. The Balaban J connectivity index is 1.49. The van der Waals surface area contributed by atoms with Gasteiger partial charge in [-0.3, -0.25) is 19.2 Å². The summed E-state index contributed by atoms with van der Waals surface area (Å²) in [5.74, 6) is -0.475. The lowest BCUT2D eigenvalue weighted by molar-refractivity contribution is 0.102. The predicted molar refractivity (Wildman–Crippen MR) is 138 cm³/mol. The van der Waals surface area contributed by atoms with Gasteiger partial charge in [0, 0.05) is 17.4 Å².